The molecule has 1 aromatic carbocycles. The molecule has 0 bridgehead atoms. The molecule has 4 rings (SSSR count). The summed E-state index contributed by atoms with van der Waals surface area (Å²) in [6.07, 6.45) is 1.05. The molecule has 0 saturated heterocycles. The van der Waals surface area contributed by atoms with Gasteiger partial charge in [-0.05, 0) is 104 Å². The normalized spacial score (nSPS) is 35.6. The zero-order chi connectivity index (χ0) is 28.1. The lowest BCUT2D eigenvalue weighted by molar-refractivity contribution is -0.205. The van der Waals surface area contributed by atoms with E-state index in [1.807, 2.05) is 13.0 Å². The third-order valence-corrected chi connectivity index (χ3v) is 10.7. The zero-order valence-corrected chi connectivity index (χ0v) is 22.9. The van der Waals surface area contributed by atoms with Crippen molar-refractivity contribution in [3.8, 4) is 0 Å². The van der Waals surface area contributed by atoms with Gasteiger partial charge in [-0.3, -0.25) is 9.27 Å². The van der Waals surface area contributed by atoms with E-state index in [4.69, 9.17) is 0 Å². The molecule has 3 aliphatic carbocycles. The molecule has 10 heteroatoms. The van der Waals surface area contributed by atoms with Crippen molar-refractivity contribution >= 4 is 16.0 Å². The van der Waals surface area contributed by atoms with Crippen molar-refractivity contribution in [2.45, 2.75) is 102 Å². The van der Waals surface area contributed by atoms with Crippen molar-refractivity contribution in [3.63, 3.8) is 0 Å². The molecule has 2 saturated carbocycles. The topological polar surface area (TPSA) is 107 Å². The van der Waals surface area contributed by atoms with E-state index in [2.05, 4.69) is 24.3 Å². The Bertz CT molecular complexity index is 1150. The van der Waals surface area contributed by atoms with Gasteiger partial charge < -0.3 is 10.2 Å². The van der Waals surface area contributed by atoms with Gasteiger partial charge in [-0.25, -0.2) is 0 Å². The highest BCUT2D eigenvalue weighted by molar-refractivity contribution is 7.87. The van der Waals surface area contributed by atoms with Crippen LogP contribution >= 0.6 is 0 Å². The Morgan fingerprint density at radius 1 is 1.21 bits per heavy atom. The smallest absolute Gasteiger partial charge is 0.390 e. The second-order valence-corrected chi connectivity index (χ2v) is 13.4. The minimum atomic E-state index is -4.60. The van der Waals surface area contributed by atoms with Crippen LogP contribution in [0, 0.1) is 22.7 Å². The van der Waals surface area contributed by atoms with Gasteiger partial charge in [0.15, 0.2) is 0 Å². The maximum absolute atomic E-state index is 12.7. The Morgan fingerprint density at radius 2 is 1.92 bits per heavy atom. The first kappa shape index (κ1) is 29.4. The number of unbranched alkanes of at least 4 members (excludes halogenated alkanes) is 2. The number of rotatable bonds is 9. The van der Waals surface area contributed by atoms with Crippen LogP contribution in [0.1, 0.15) is 88.7 Å². The minimum Gasteiger partial charge on any atom is -0.390 e. The largest absolute Gasteiger partial charge is 0.414 e. The van der Waals surface area contributed by atoms with Gasteiger partial charge in [-0.15, -0.1) is 6.58 Å². The number of aliphatic hydroxyl groups is 2. The number of hydrogen-bond acceptors (Lipinski definition) is 4. The van der Waals surface area contributed by atoms with Crippen LogP contribution in [0.2, 0.25) is 0 Å². The first-order chi connectivity index (χ1) is 17.5. The monoisotopic (exact) mass is 559 g/mol. The number of fused-ring (bicyclic) bond motifs is 5. The van der Waals surface area contributed by atoms with E-state index >= 15 is 0 Å². The van der Waals surface area contributed by atoms with Crippen LogP contribution in [0.3, 0.4) is 0 Å². The molecule has 3 unspecified atom stereocenters. The van der Waals surface area contributed by atoms with Crippen LogP contribution < -0.4 is 4.72 Å². The van der Waals surface area contributed by atoms with Crippen molar-refractivity contribution in [2.24, 2.45) is 22.7 Å². The van der Waals surface area contributed by atoms with Gasteiger partial charge in [0.25, 0.3) is 0 Å². The summed E-state index contributed by atoms with van der Waals surface area (Å²) in [4.78, 5) is 0. The van der Waals surface area contributed by atoms with Crippen LogP contribution in [0.25, 0.3) is 0 Å². The Morgan fingerprint density at radius 3 is 2.55 bits per heavy atom. The van der Waals surface area contributed by atoms with Gasteiger partial charge in [0.2, 0.25) is 0 Å². The number of anilines is 1. The summed E-state index contributed by atoms with van der Waals surface area (Å²) in [6.45, 7) is 8.38. The fourth-order valence-electron chi connectivity index (χ4n) is 8.23. The number of nitrogens with one attached hydrogen (secondary N) is 1. The van der Waals surface area contributed by atoms with Crippen molar-refractivity contribution in [1.29, 1.82) is 0 Å². The first-order valence-corrected chi connectivity index (χ1v) is 15.0. The van der Waals surface area contributed by atoms with Crippen LogP contribution in [-0.4, -0.2) is 41.1 Å². The Hall–Kier alpha value is -1.62. The average molecular weight is 560 g/mol. The molecule has 4 N–H and O–H groups in total. The fraction of sp³-hybridized carbons (Fsp3) is 0.714. The molecule has 6 nitrogen and oxygen atoms in total. The lowest BCUT2D eigenvalue weighted by Crippen LogP contribution is -2.57. The second kappa shape index (κ2) is 10.1. The number of alkyl halides is 3. The highest BCUT2D eigenvalue weighted by Gasteiger charge is 2.66. The SMILES string of the molecule is C=CC12CCc3cc(NS(=O)(=O)O)ccc3C1[C@@H](CCCCC[C@H](O)C(F)(F)F)C[C@@]1(C)C2CC[C@]1(C)O. The molecular formula is C28H40F3NO5S. The fourth-order valence-corrected chi connectivity index (χ4v) is 8.66. The maximum atomic E-state index is 12.7. The quantitative estimate of drug-likeness (QED) is 0.165. The molecule has 1 aromatic rings. The highest BCUT2D eigenvalue weighted by atomic mass is 32.2. The molecule has 0 aliphatic heterocycles. The third-order valence-electron chi connectivity index (χ3n) is 10.2. The van der Waals surface area contributed by atoms with Crippen molar-refractivity contribution in [1.82, 2.24) is 0 Å². The lowest BCUT2D eigenvalue weighted by atomic mass is 9.43. The molecule has 2 fully saturated rings. The van der Waals surface area contributed by atoms with Gasteiger partial charge in [0.1, 0.15) is 6.10 Å². The van der Waals surface area contributed by atoms with Gasteiger partial charge in [-0.1, -0.05) is 38.3 Å². The van der Waals surface area contributed by atoms with Crippen LogP contribution in [0.4, 0.5) is 18.9 Å². The van der Waals surface area contributed by atoms with Crippen LogP contribution in [0.15, 0.2) is 30.9 Å². The van der Waals surface area contributed by atoms with Crippen molar-refractivity contribution < 1.29 is 36.4 Å². The molecule has 3 aliphatic rings. The van der Waals surface area contributed by atoms with Gasteiger partial charge in [0.05, 0.1) is 11.3 Å². The lowest BCUT2D eigenvalue weighted by Gasteiger charge is -2.61. The van der Waals surface area contributed by atoms with E-state index in [0.717, 1.165) is 36.8 Å². The van der Waals surface area contributed by atoms with E-state index in [1.165, 1.54) is 0 Å². The summed E-state index contributed by atoms with van der Waals surface area (Å²) < 4.78 is 72.1. The van der Waals surface area contributed by atoms with Gasteiger partial charge in [0, 0.05) is 0 Å². The number of aryl methyl sites for hydroxylation is 1. The van der Waals surface area contributed by atoms with Crippen LogP contribution in [-0.2, 0) is 16.7 Å². The molecule has 0 heterocycles. The van der Waals surface area contributed by atoms with E-state index in [0.29, 0.717) is 31.4 Å². The zero-order valence-electron chi connectivity index (χ0n) is 22.1. The number of halogens is 3. The third kappa shape index (κ3) is 5.25. The second-order valence-electron chi connectivity index (χ2n) is 12.2. The summed E-state index contributed by atoms with van der Waals surface area (Å²) in [7, 11) is -4.40. The van der Waals surface area contributed by atoms with Gasteiger partial charge >= 0.3 is 16.5 Å². The number of benzene rings is 1. The highest BCUT2D eigenvalue weighted by Crippen LogP contribution is 2.71. The van der Waals surface area contributed by atoms with Gasteiger partial charge in [-0.2, -0.15) is 21.6 Å². The molecule has 0 amide bonds. The number of allylic oxidation sites excluding steroid dienone is 1. The summed E-state index contributed by atoms with van der Waals surface area (Å²) in [5, 5.41) is 20.8. The molecule has 38 heavy (non-hydrogen) atoms. The predicted octanol–water partition coefficient (Wildman–Crippen LogP) is 6.16. The summed E-state index contributed by atoms with van der Waals surface area (Å²) in [5.41, 5.74) is 0.976. The molecular weight excluding hydrogens is 519 g/mol. The molecule has 214 valence electrons. The van der Waals surface area contributed by atoms with E-state index in [9.17, 15) is 36.4 Å². The summed E-state index contributed by atoms with van der Waals surface area (Å²) >= 11 is 0. The maximum Gasteiger partial charge on any atom is 0.414 e. The molecule has 0 aromatic heterocycles. The summed E-state index contributed by atoms with van der Waals surface area (Å²) in [5.74, 6) is 0.441. The average Bonchev–Trinajstić information content (AvgIpc) is 3.05. The van der Waals surface area contributed by atoms with Crippen molar-refractivity contribution in [3.05, 3.63) is 42.0 Å². The minimum absolute atomic E-state index is 0.0799. The van der Waals surface area contributed by atoms with Crippen LogP contribution in [0.5, 0.6) is 0 Å². The summed E-state index contributed by atoms with van der Waals surface area (Å²) in [6, 6.07) is 5.34. The number of hydrogen-bond donors (Lipinski definition) is 4. The van der Waals surface area contributed by atoms with E-state index in [-0.39, 0.29) is 41.4 Å². The Kier molecular flexibility index (Phi) is 7.80. The predicted molar refractivity (Wildman–Crippen MR) is 140 cm³/mol. The van der Waals surface area contributed by atoms with E-state index in [1.54, 1.807) is 12.1 Å². The van der Waals surface area contributed by atoms with Crippen molar-refractivity contribution in [2.75, 3.05) is 4.72 Å². The Labute approximate surface area is 223 Å². The number of aliphatic hydroxyl groups excluding tert-OH is 1. The Balaban J connectivity index is 1.64. The molecule has 0 radical (unpaired) electrons. The molecule has 0 spiro atoms. The van der Waals surface area contributed by atoms with E-state index < -0.39 is 28.2 Å². The first-order valence-electron chi connectivity index (χ1n) is 13.5. The standard InChI is InChI=1S/C28H40F3NO5S/c1-4-27-15-12-18-16-20(32-38(35,36)37)10-11-21(18)24(27)19(8-6-5-7-9-23(33)28(29,30)31)17-25(2)22(27)13-14-26(25,3)34/h4,10-11,16,19,22-24,32-34H,1,5-9,12-15,17H2,2-3H3,(H,35,36,37)/t19-,22?,23-,24?,25-,26-,27?/m0/s1. The molecule has 7 atom stereocenters.